The first-order valence-electron chi connectivity index (χ1n) is 5.39. The molecular weight excluding hydrogens is 234 g/mol. The van der Waals surface area contributed by atoms with Gasteiger partial charge in [-0.25, -0.2) is 9.78 Å². The molecule has 5 heteroatoms. The number of carboxylic acids is 1. The molecule has 94 valence electrons. The number of hydrogen-bond acceptors (Lipinski definition) is 4. The van der Waals surface area contributed by atoms with Crippen LogP contribution in [0, 0.1) is 18.8 Å². The molecule has 0 saturated carbocycles. The van der Waals surface area contributed by atoms with Crippen molar-refractivity contribution in [3.8, 4) is 11.8 Å². The highest BCUT2D eigenvalue weighted by Gasteiger charge is 2.08. The van der Waals surface area contributed by atoms with Crippen molar-refractivity contribution in [3.63, 3.8) is 0 Å². The number of esters is 1. The summed E-state index contributed by atoms with van der Waals surface area (Å²) in [6.07, 6.45) is 1.38. The number of aromatic nitrogens is 1. The molecule has 0 spiro atoms. The van der Waals surface area contributed by atoms with Gasteiger partial charge in [-0.15, -0.1) is 0 Å². The third-order valence-corrected chi connectivity index (χ3v) is 2.05. The number of rotatable bonds is 3. The summed E-state index contributed by atoms with van der Waals surface area (Å²) in [4.78, 5) is 25.6. The number of pyridine rings is 1. The standard InChI is InChI=1S/C13H13NO4/c1-3-18-11(15)6-4-5-10-7-9(2)12(13(16)17)14-8-10/h7-8H,3,6H2,1-2H3,(H,16,17). The van der Waals surface area contributed by atoms with E-state index in [1.807, 2.05) is 0 Å². The summed E-state index contributed by atoms with van der Waals surface area (Å²) in [5.41, 5.74) is 1.11. The summed E-state index contributed by atoms with van der Waals surface area (Å²) in [6, 6.07) is 1.62. The highest BCUT2D eigenvalue weighted by molar-refractivity contribution is 5.87. The maximum atomic E-state index is 11.0. The molecule has 0 aliphatic rings. The molecule has 0 aromatic carbocycles. The number of aryl methyl sites for hydroxylation is 1. The van der Waals surface area contributed by atoms with E-state index in [1.165, 1.54) is 6.20 Å². The van der Waals surface area contributed by atoms with E-state index < -0.39 is 5.97 Å². The molecule has 0 aliphatic heterocycles. The molecule has 0 atom stereocenters. The molecule has 0 unspecified atom stereocenters. The van der Waals surface area contributed by atoms with Gasteiger partial charge in [0.05, 0.1) is 6.61 Å². The first kappa shape index (κ1) is 13.7. The maximum Gasteiger partial charge on any atom is 0.354 e. The Kier molecular flexibility index (Phi) is 4.88. The predicted octanol–water partition coefficient (Wildman–Crippen LogP) is 1.39. The zero-order chi connectivity index (χ0) is 13.5. The number of carboxylic acid groups (broad SMARTS) is 1. The van der Waals surface area contributed by atoms with E-state index in [-0.39, 0.29) is 18.1 Å². The SMILES string of the molecule is CCOC(=O)CC#Cc1cnc(C(=O)O)c(C)c1. The van der Waals surface area contributed by atoms with Crippen LogP contribution in [0.3, 0.4) is 0 Å². The lowest BCUT2D eigenvalue weighted by Crippen LogP contribution is -2.03. The fraction of sp³-hybridized carbons (Fsp3) is 0.308. The van der Waals surface area contributed by atoms with Crippen molar-refractivity contribution in [3.05, 3.63) is 29.1 Å². The molecule has 0 aliphatic carbocycles. The second-order valence-corrected chi connectivity index (χ2v) is 3.48. The Morgan fingerprint density at radius 2 is 2.22 bits per heavy atom. The minimum Gasteiger partial charge on any atom is -0.477 e. The molecular formula is C13H13NO4. The fourth-order valence-corrected chi connectivity index (χ4v) is 1.30. The molecule has 18 heavy (non-hydrogen) atoms. The van der Waals surface area contributed by atoms with Crippen molar-refractivity contribution < 1.29 is 19.4 Å². The number of hydrogen-bond donors (Lipinski definition) is 1. The van der Waals surface area contributed by atoms with Crippen LogP contribution in [0.2, 0.25) is 0 Å². The van der Waals surface area contributed by atoms with E-state index in [1.54, 1.807) is 19.9 Å². The maximum absolute atomic E-state index is 11.0. The number of nitrogens with zero attached hydrogens (tertiary/aromatic N) is 1. The minimum absolute atomic E-state index is 0.00550. The van der Waals surface area contributed by atoms with Gasteiger partial charge >= 0.3 is 11.9 Å². The van der Waals surface area contributed by atoms with E-state index in [4.69, 9.17) is 9.84 Å². The van der Waals surface area contributed by atoms with Crippen LogP contribution in [0.5, 0.6) is 0 Å². The van der Waals surface area contributed by atoms with Crippen LogP contribution in [-0.2, 0) is 9.53 Å². The normalized spacial score (nSPS) is 9.22. The highest BCUT2D eigenvalue weighted by Crippen LogP contribution is 2.06. The molecule has 0 bridgehead atoms. The number of carbonyl (C=O) groups is 2. The Labute approximate surface area is 105 Å². The molecule has 0 radical (unpaired) electrons. The van der Waals surface area contributed by atoms with Crippen LogP contribution < -0.4 is 0 Å². The Hall–Kier alpha value is -2.35. The van der Waals surface area contributed by atoms with E-state index in [2.05, 4.69) is 16.8 Å². The van der Waals surface area contributed by atoms with Gasteiger partial charge in [-0.05, 0) is 25.5 Å². The fourth-order valence-electron chi connectivity index (χ4n) is 1.30. The van der Waals surface area contributed by atoms with Crippen LogP contribution in [-0.4, -0.2) is 28.6 Å². The van der Waals surface area contributed by atoms with Crippen molar-refractivity contribution in [2.75, 3.05) is 6.61 Å². The summed E-state index contributed by atoms with van der Waals surface area (Å²) in [6.45, 7) is 3.70. The molecule has 0 fully saturated rings. The van der Waals surface area contributed by atoms with Gasteiger partial charge in [-0.2, -0.15) is 0 Å². The van der Waals surface area contributed by atoms with Crippen molar-refractivity contribution in [2.24, 2.45) is 0 Å². The van der Waals surface area contributed by atoms with Gasteiger partial charge in [0.2, 0.25) is 0 Å². The van der Waals surface area contributed by atoms with Gasteiger partial charge in [0.1, 0.15) is 6.42 Å². The molecule has 5 nitrogen and oxygen atoms in total. The molecule has 1 heterocycles. The largest absolute Gasteiger partial charge is 0.477 e. The van der Waals surface area contributed by atoms with Crippen LogP contribution in [0.25, 0.3) is 0 Å². The molecule has 1 aromatic rings. The van der Waals surface area contributed by atoms with Gasteiger partial charge < -0.3 is 9.84 Å². The first-order valence-corrected chi connectivity index (χ1v) is 5.39. The Morgan fingerprint density at radius 3 is 2.78 bits per heavy atom. The Balaban J connectivity index is 2.75. The van der Waals surface area contributed by atoms with Crippen LogP contribution in [0.4, 0.5) is 0 Å². The first-order chi connectivity index (χ1) is 8.54. The van der Waals surface area contributed by atoms with Crippen LogP contribution >= 0.6 is 0 Å². The van der Waals surface area contributed by atoms with Gasteiger partial charge in [0, 0.05) is 11.8 Å². The highest BCUT2D eigenvalue weighted by atomic mass is 16.5. The Morgan fingerprint density at radius 1 is 1.50 bits per heavy atom. The van der Waals surface area contributed by atoms with E-state index >= 15 is 0 Å². The molecule has 0 amide bonds. The van der Waals surface area contributed by atoms with Gasteiger partial charge in [-0.3, -0.25) is 4.79 Å². The average molecular weight is 247 g/mol. The second-order valence-electron chi connectivity index (χ2n) is 3.48. The predicted molar refractivity (Wildman–Crippen MR) is 64.1 cm³/mol. The van der Waals surface area contributed by atoms with E-state index in [0.29, 0.717) is 17.7 Å². The molecule has 1 rings (SSSR count). The number of carbonyl (C=O) groups excluding carboxylic acids is 1. The topological polar surface area (TPSA) is 76.5 Å². The third kappa shape index (κ3) is 3.91. The quantitative estimate of drug-likeness (QED) is 0.645. The van der Waals surface area contributed by atoms with Crippen LogP contribution in [0.15, 0.2) is 12.3 Å². The molecule has 1 aromatic heterocycles. The lowest BCUT2D eigenvalue weighted by Gasteiger charge is -1.99. The summed E-state index contributed by atoms with van der Waals surface area (Å²) < 4.78 is 4.72. The Bertz CT molecular complexity index is 526. The van der Waals surface area contributed by atoms with Gasteiger partial charge in [-0.1, -0.05) is 11.8 Å². The van der Waals surface area contributed by atoms with Crippen LogP contribution in [0.1, 0.15) is 35.0 Å². The van der Waals surface area contributed by atoms with E-state index in [9.17, 15) is 9.59 Å². The average Bonchev–Trinajstić information content (AvgIpc) is 2.29. The third-order valence-electron chi connectivity index (χ3n) is 2.05. The summed E-state index contributed by atoms with van der Waals surface area (Å²) in [5.74, 6) is 3.94. The minimum atomic E-state index is -1.07. The lowest BCUT2D eigenvalue weighted by atomic mass is 10.1. The summed E-state index contributed by atoms with van der Waals surface area (Å²) in [7, 11) is 0. The van der Waals surface area contributed by atoms with Gasteiger partial charge in [0.25, 0.3) is 0 Å². The smallest absolute Gasteiger partial charge is 0.354 e. The van der Waals surface area contributed by atoms with Crippen molar-refractivity contribution in [1.82, 2.24) is 4.98 Å². The zero-order valence-corrected chi connectivity index (χ0v) is 10.2. The number of aromatic carboxylic acids is 1. The summed E-state index contributed by atoms with van der Waals surface area (Å²) in [5, 5.41) is 8.80. The van der Waals surface area contributed by atoms with Gasteiger partial charge in [0.15, 0.2) is 5.69 Å². The zero-order valence-electron chi connectivity index (χ0n) is 10.2. The summed E-state index contributed by atoms with van der Waals surface area (Å²) >= 11 is 0. The van der Waals surface area contributed by atoms with E-state index in [0.717, 1.165) is 0 Å². The van der Waals surface area contributed by atoms with Crippen molar-refractivity contribution in [2.45, 2.75) is 20.3 Å². The lowest BCUT2D eigenvalue weighted by molar-refractivity contribution is -0.141. The number of ether oxygens (including phenoxy) is 1. The van der Waals surface area contributed by atoms with Crippen molar-refractivity contribution in [1.29, 1.82) is 0 Å². The molecule has 0 saturated heterocycles. The molecule has 1 N–H and O–H groups in total. The van der Waals surface area contributed by atoms with Crippen molar-refractivity contribution >= 4 is 11.9 Å². The monoisotopic (exact) mass is 247 g/mol. The second kappa shape index (κ2) is 6.40.